The van der Waals surface area contributed by atoms with Crippen LogP contribution in [0.25, 0.3) is 0 Å². The molecule has 0 atom stereocenters. The molecule has 1 amide bonds. The van der Waals surface area contributed by atoms with E-state index in [1.165, 1.54) is 0 Å². The Morgan fingerprint density at radius 1 is 1.12 bits per heavy atom. The molecule has 0 aromatic heterocycles. The predicted octanol–water partition coefficient (Wildman–Crippen LogP) is 3.32. The van der Waals surface area contributed by atoms with Crippen LogP contribution in [0.1, 0.15) is 12.8 Å². The third-order valence-corrected chi connectivity index (χ3v) is 4.89. The standard InChI is InChI=1S/C16H15ClF2N2O3S/c17-11-3-1-4-13(9-11)21-16(22)5-2-8-20-25(23,24)15-7-6-12(18)10-14(15)19/h1,3-4,6-7,9-10,20H,2,5,8H2,(H,21,22). The molecule has 0 bridgehead atoms. The van der Waals surface area contributed by atoms with Crippen LogP contribution >= 0.6 is 11.6 Å². The van der Waals surface area contributed by atoms with Crippen LogP contribution < -0.4 is 10.0 Å². The first kappa shape index (κ1) is 19.3. The summed E-state index contributed by atoms with van der Waals surface area (Å²) < 4.78 is 52.4. The molecule has 0 saturated heterocycles. The molecule has 0 aliphatic rings. The third kappa shape index (κ3) is 5.77. The van der Waals surface area contributed by atoms with Gasteiger partial charge in [-0.15, -0.1) is 0 Å². The molecule has 9 heteroatoms. The van der Waals surface area contributed by atoms with Crippen LogP contribution in [0, 0.1) is 11.6 Å². The minimum Gasteiger partial charge on any atom is -0.326 e. The summed E-state index contributed by atoms with van der Waals surface area (Å²) in [5.41, 5.74) is 0.534. The van der Waals surface area contributed by atoms with Crippen molar-refractivity contribution in [3.63, 3.8) is 0 Å². The molecule has 0 radical (unpaired) electrons. The van der Waals surface area contributed by atoms with Gasteiger partial charge in [-0.1, -0.05) is 17.7 Å². The molecule has 134 valence electrons. The number of hydrogen-bond donors (Lipinski definition) is 2. The maximum absolute atomic E-state index is 13.5. The van der Waals surface area contributed by atoms with Gasteiger partial charge in [0.05, 0.1) is 0 Å². The van der Waals surface area contributed by atoms with Gasteiger partial charge in [0.15, 0.2) is 0 Å². The normalized spacial score (nSPS) is 11.3. The van der Waals surface area contributed by atoms with E-state index in [4.69, 9.17) is 11.6 Å². The average molecular weight is 389 g/mol. The lowest BCUT2D eigenvalue weighted by molar-refractivity contribution is -0.116. The highest BCUT2D eigenvalue weighted by molar-refractivity contribution is 7.89. The number of halogens is 3. The first-order valence-electron chi connectivity index (χ1n) is 7.28. The second-order valence-electron chi connectivity index (χ2n) is 5.13. The Hall–Kier alpha value is -2.03. The molecule has 0 spiro atoms. The fraction of sp³-hybridized carbons (Fsp3) is 0.188. The third-order valence-electron chi connectivity index (χ3n) is 3.16. The van der Waals surface area contributed by atoms with Crippen LogP contribution in [-0.2, 0) is 14.8 Å². The van der Waals surface area contributed by atoms with E-state index in [2.05, 4.69) is 10.0 Å². The largest absolute Gasteiger partial charge is 0.326 e. The van der Waals surface area contributed by atoms with Crippen LogP contribution in [0.5, 0.6) is 0 Å². The van der Waals surface area contributed by atoms with Crippen LogP contribution in [-0.4, -0.2) is 20.9 Å². The van der Waals surface area contributed by atoms with Crippen molar-refractivity contribution in [2.24, 2.45) is 0 Å². The van der Waals surface area contributed by atoms with Gasteiger partial charge in [0.1, 0.15) is 16.5 Å². The van der Waals surface area contributed by atoms with Crippen LogP contribution in [0.15, 0.2) is 47.4 Å². The second kappa shape index (κ2) is 8.37. The molecule has 25 heavy (non-hydrogen) atoms. The van der Waals surface area contributed by atoms with Crippen LogP contribution in [0.2, 0.25) is 5.02 Å². The summed E-state index contributed by atoms with van der Waals surface area (Å²) >= 11 is 5.80. The summed E-state index contributed by atoms with van der Waals surface area (Å²) in [6.07, 6.45) is 0.259. The number of nitrogens with one attached hydrogen (secondary N) is 2. The van der Waals surface area contributed by atoms with Gasteiger partial charge in [0.2, 0.25) is 15.9 Å². The highest BCUT2D eigenvalue weighted by Gasteiger charge is 2.19. The van der Waals surface area contributed by atoms with Crippen molar-refractivity contribution in [3.05, 3.63) is 59.1 Å². The topological polar surface area (TPSA) is 75.3 Å². The molecule has 2 rings (SSSR count). The summed E-state index contributed by atoms with van der Waals surface area (Å²) in [5, 5.41) is 3.10. The Morgan fingerprint density at radius 2 is 1.88 bits per heavy atom. The first-order valence-corrected chi connectivity index (χ1v) is 9.14. The number of rotatable bonds is 7. The number of hydrogen-bond acceptors (Lipinski definition) is 3. The molecule has 0 fully saturated rings. The van der Waals surface area contributed by atoms with E-state index in [0.29, 0.717) is 16.8 Å². The van der Waals surface area contributed by atoms with E-state index in [-0.39, 0.29) is 25.3 Å². The molecule has 2 aromatic rings. The molecule has 0 saturated carbocycles. The lowest BCUT2D eigenvalue weighted by atomic mass is 10.2. The van der Waals surface area contributed by atoms with Crippen molar-refractivity contribution in [1.29, 1.82) is 0 Å². The number of amides is 1. The van der Waals surface area contributed by atoms with Gasteiger partial charge in [-0.2, -0.15) is 0 Å². The van der Waals surface area contributed by atoms with Crippen LogP contribution in [0.4, 0.5) is 14.5 Å². The first-order chi connectivity index (χ1) is 11.8. The van der Waals surface area contributed by atoms with E-state index in [1.807, 2.05) is 0 Å². The quantitative estimate of drug-likeness (QED) is 0.714. The van der Waals surface area contributed by atoms with E-state index in [0.717, 1.165) is 12.1 Å². The lowest BCUT2D eigenvalue weighted by Crippen LogP contribution is -2.26. The predicted molar refractivity (Wildman–Crippen MR) is 90.9 cm³/mol. The van der Waals surface area contributed by atoms with E-state index < -0.39 is 26.6 Å². The molecule has 0 aliphatic heterocycles. The van der Waals surface area contributed by atoms with Crippen LogP contribution in [0.3, 0.4) is 0 Å². The number of anilines is 1. The number of benzene rings is 2. The maximum atomic E-state index is 13.5. The smallest absolute Gasteiger partial charge is 0.243 e. The zero-order valence-corrected chi connectivity index (χ0v) is 14.5. The van der Waals surface area contributed by atoms with Crippen molar-refractivity contribution in [1.82, 2.24) is 4.72 Å². The fourth-order valence-electron chi connectivity index (χ4n) is 2.02. The van der Waals surface area contributed by atoms with Gasteiger partial charge in [-0.05, 0) is 36.8 Å². The molecule has 0 unspecified atom stereocenters. The van der Waals surface area contributed by atoms with Crippen molar-refractivity contribution in [3.8, 4) is 0 Å². The van der Waals surface area contributed by atoms with Gasteiger partial charge >= 0.3 is 0 Å². The molecule has 5 nitrogen and oxygen atoms in total. The zero-order chi connectivity index (χ0) is 18.4. The van der Waals surface area contributed by atoms with Gasteiger partial charge in [-0.25, -0.2) is 21.9 Å². The molecular formula is C16H15ClF2N2O3S. The second-order valence-corrected chi connectivity index (χ2v) is 7.31. The SMILES string of the molecule is O=C(CCCNS(=O)(=O)c1ccc(F)cc1F)Nc1cccc(Cl)c1. The summed E-state index contributed by atoms with van der Waals surface area (Å²) in [6.45, 7) is -0.0673. The fourth-order valence-corrected chi connectivity index (χ4v) is 3.34. The molecule has 2 aromatic carbocycles. The molecule has 0 aliphatic carbocycles. The Bertz CT molecular complexity index is 875. The van der Waals surface area contributed by atoms with Gasteiger partial charge in [0, 0.05) is 29.7 Å². The van der Waals surface area contributed by atoms with Crippen molar-refractivity contribution in [2.45, 2.75) is 17.7 Å². The van der Waals surface area contributed by atoms with Gasteiger partial charge < -0.3 is 5.32 Å². The molecular weight excluding hydrogens is 374 g/mol. The Balaban J connectivity index is 1.82. The number of sulfonamides is 1. The Morgan fingerprint density at radius 3 is 2.56 bits per heavy atom. The number of carbonyl (C=O) groups excluding carboxylic acids is 1. The van der Waals surface area contributed by atoms with Gasteiger partial charge in [-0.3, -0.25) is 4.79 Å². The minimum absolute atomic E-state index is 0.0565. The Kier molecular flexibility index (Phi) is 6.46. The van der Waals surface area contributed by atoms with E-state index >= 15 is 0 Å². The Labute approximate surface area is 149 Å². The summed E-state index contributed by atoms with van der Waals surface area (Å²) in [5.74, 6) is -2.35. The highest BCUT2D eigenvalue weighted by Crippen LogP contribution is 2.16. The van der Waals surface area contributed by atoms with Crippen molar-refractivity contribution < 1.29 is 22.0 Å². The monoisotopic (exact) mass is 388 g/mol. The van der Waals surface area contributed by atoms with E-state index in [1.54, 1.807) is 24.3 Å². The summed E-state index contributed by atoms with van der Waals surface area (Å²) in [6, 6.07) is 8.80. The van der Waals surface area contributed by atoms with Crippen molar-refractivity contribution in [2.75, 3.05) is 11.9 Å². The van der Waals surface area contributed by atoms with Crippen molar-refractivity contribution >= 4 is 33.2 Å². The zero-order valence-electron chi connectivity index (χ0n) is 12.9. The lowest BCUT2D eigenvalue weighted by Gasteiger charge is -2.08. The average Bonchev–Trinajstić information content (AvgIpc) is 2.51. The summed E-state index contributed by atoms with van der Waals surface area (Å²) in [4.78, 5) is 11.1. The van der Waals surface area contributed by atoms with Gasteiger partial charge in [0.25, 0.3) is 0 Å². The molecule has 2 N–H and O–H groups in total. The maximum Gasteiger partial charge on any atom is 0.243 e. The summed E-state index contributed by atoms with van der Waals surface area (Å²) in [7, 11) is -4.11. The molecule has 0 heterocycles. The highest BCUT2D eigenvalue weighted by atomic mass is 35.5. The van der Waals surface area contributed by atoms with E-state index in [9.17, 15) is 22.0 Å². The minimum atomic E-state index is -4.11. The number of carbonyl (C=O) groups is 1.